The summed E-state index contributed by atoms with van der Waals surface area (Å²) < 4.78 is 0. The Balaban J connectivity index is 0. The normalized spacial score (nSPS) is 0. The van der Waals surface area contributed by atoms with E-state index in [-0.39, 0.29) is 47.5 Å². The van der Waals surface area contributed by atoms with Gasteiger partial charge < -0.3 is 0 Å². The SMILES string of the molecule is C.C.[Si].[Ti]. The fourth-order valence-corrected chi connectivity index (χ4v) is 0. The molecule has 0 aromatic heterocycles. The zero-order valence-electron chi connectivity index (χ0n) is 1.00. The summed E-state index contributed by atoms with van der Waals surface area (Å²) in [5.74, 6) is 0. The van der Waals surface area contributed by atoms with Gasteiger partial charge >= 0.3 is 0 Å². The molecule has 0 aromatic carbocycles. The largest absolute Gasteiger partial charge is 0.0776 e. The van der Waals surface area contributed by atoms with E-state index in [4.69, 9.17) is 0 Å². The second-order valence-corrected chi connectivity index (χ2v) is 0. The number of hydrogen-bond acceptors (Lipinski definition) is 0. The first-order valence-corrected chi connectivity index (χ1v) is 0. The molecule has 0 atom stereocenters. The van der Waals surface area contributed by atoms with Crippen LogP contribution in [0.4, 0.5) is 0 Å². The van der Waals surface area contributed by atoms with Crippen LogP contribution in [-0.4, -0.2) is 11.0 Å². The summed E-state index contributed by atoms with van der Waals surface area (Å²) in [7, 11) is 0. The maximum absolute atomic E-state index is 0. The Bertz CT molecular complexity index is 6.00. The second kappa shape index (κ2) is 39.0. The van der Waals surface area contributed by atoms with Gasteiger partial charge in [0, 0.05) is 32.7 Å². The number of hydrogen-bond donors (Lipinski definition) is 0. The van der Waals surface area contributed by atoms with Crippen molar-refractivity contribution in [3.8, 4) is 0 Å². The van der Waals surface area contributed by atoms with Gasteiger partial charge in [-0.15, -0.1) is 0 Å². The van der Waals surface area contributed by atoms with Crippen molar-refractivity contribution in [2.75, 3.05) is 0 Å². The summed E-state index contributed by atoms with van der Waals surface area (Å²) in [6.07, 6.45) is 0. The Kier molecular flexibility index (Phi) is 856. The van der Waals surface area contributed by atoms with E-state index in [1.54, 1.807) is 0 Å². The molecule has 0 aliphatic heterocycles. The van der Waals surface area contributed by atoms with Crippen LogP contribution in [0.2, 0.25) is 0 Å². The predicted molar refractivity (Wildman–Crippen MR) is 19.2 cm³/mol. The van der Waals surface area contributed by atoms with Crippen molar-refractivity contribution in [2.45, 2.75) is 14.9 Å². The first kappa shape index (κ1) is 87.9. The van der Waals surface area contributed by atoms with E-state index < -0.39 is 0 Å². The van der Waals surface area contributed by atoms with E-state index in [1.807, 2.05) is 0 Å². The first-order valence-electron chi connectivity index (χ1n) is 0. The van der Waals surface area contributed by atoms with Crippen LogP contribution in [0.25, 0.3) is 0 Å². The monoisotopic (exact) mass is 108 g/mol. The molecule has 24 valence electrons. The van der Waals surface area contributed by atoms with E-state index in [1.165, 1.54) is 0 Å². The topological polar surface area (TPSA) is 0 Å². The average molecular weight is 108 g/mol. The quantitative estimate of drug-likeness (QED) is 0.404. The van der Waals surface area contributed by atoms with Crippen LogP contribution in [-0.2, 0) is 21.7 Å². The Morgan fingerprint density at radius 1 is 0.750 bits per heavy atom. The van der Waals surface area contributed by atoms with Gasteiger partial charge in [0.1, 0.15) is 0 Å². The molecule has 0 amide bonds. The van der Waals surface area contributed by atoms with Gasteiger partial charge in [0.25, 0.3) is 0 Å². The van der Waals surface area contributed by atoms with Crippen LogP contribution in [0, 0.1) is 0 Å². The van der Waals surface area contributed by atoms with Gasteiger partial charge in [0.05, 0.1) is 0 Å². The summed E-state index contributed by atoms with van der Waals surface area (Å²) in [5, 5.41) is 0. The Morgan fingerprint density at radius 2 is 0.750 bits per heavy atom. The summed E-state index contributed by atoms with van der Waals surface area (Å²) in [6, 6.07) is 0. The van der Waals surface area contributed by atoms with Gasteiger partial charge in [-0.1, -0.05) is 14.9 Å². The molecule has 0 nitrogen and oxygen atoms in total. The Labute approximate surface area is 47.9 Å². The first-order chi connectivity index (χ1) is 0. The van der Waals surface area contributed by atoms with Crippen molar-refractivity contribution in [3.63, 3.8) is 0 Å². The average Bonchev–Trinajstić information content (AvgIpc) is 0. The maximum atomic E-state index is 0. The van der Waals surface area contributed by atoms with Gasteiger partial charge in [-0.25, -0.2) is 0 Å². The fraction of sp³-hybridized carbons (Fsp3) is 1.00. The predicted octanol–water partition coefficient (Wildman–Crippen LogP) is 0.889. The molecule has 4 heavy (non-hydrogen) atoms. The fourth-order valence-electron chi connectivity index (χ4n) is 0. The molecular weight excluding hydrogens is 100.0 g/mol. The van der Waals surface area contributed by atoms with Gasteiger partial charge in [-0.05, 0) is 0 Å². The molecule has 0 saturated carbocycles. The van der Waals surface area contributed by atoms with E-state index in [0.29, 0.717) is 0 Å². The molecular formula is C2H8SiTi. The molecule has 4 radical (unpaired) electrons. The molecule has 2 heteroatoms. The van der Waals surface area contributed by atoms with Crippen LogP contribution in [0.1, 0.15) is 14.9 Å². The van der Waals surface area contributed by atoms with Crippen LogP contribution in [0.15, 0.2) is 0 Å². The number of rotatable bonds is 0. The summed E-state index contributed by atoms with van der Waals surface area (Å²) >= 11 is 0. The molecule has 0 spiro atoms. The van der Waals surface area contributed by atoms with Crippen LogP contribution < -0.4 is 0 Å². The summed E-state index contributed by atoms with van der Waals surface area (Å²) in [6.45, 7) is 0. The molecule has 0 aliphatic carbocycles. The van der Waals surface area contributed by atoms with Crippen molar-refractivity contribution in [1.82, 2.24) is 0 Å². The van der Waals surface area contributed by atoms with E-state index in [2.05, 4.69) is 0 Å². The van der Waals surface area contributed by atoms with Crippen molar-refractivity contribution in [2.24, 2.45) is 0 Å². The molecule has 0 aromatic rings. The van der Waals surface area contributed by atoms with Gasteiger partial charge in [0.2, 0.25) is 0 Å². The summed E-state index contributed by atoms with van der Waals surface area (Å²) in [5.41, 5.74) is 0. The minimum Gasteiger partial charge on any atom is -0.0776 e. The van der Waals surface area contributed by atoms with Crippen LogP contribution >= 0.6 is 0 Å². The molecule has 0 heterocycles. The van der Waals surface area contributed by atoms with E-state index >= 15 is 0 Å². The van der Waals surface area contributed by atoms with Gasteiger partial charge in [0.15, 0.2) is 0 Å². The standard InChI is InChI=1S/2CH4.Si.Ti/h2*1H4;;. The zero-order valence-corrected chi connectivity index (χ0v) is 3.56. The summed E-state index contributed by atoms with van der Waals surface area (Å²) in [4.78, 5) is 0. The molecule has 0 bridgehead atoms. The molecule has 0 saturated heterocycles. The molecule has 0 rings (SSSR count). The van der Waals surface area contributed by atoms with Crippen molar-refractivity contribution in [1.29, 1.82) is 0 Å². The van der Waals surface area contributed by atoms with Crippen molar-refractivity contribution >= 4 is 11.0 Å². The maximum Gasteiger partial charge on any atom is 0 e. The van der Waals surface area contributed by atoms with Crippen LogP contribution in [0.5, 0.6) is 0 Å². The smallest absolute Gasteiger partial charge is 0 e. The molecule has 0 aliphatic rings. The second-order valence-electron chi connectivity index (χ2n) is 0. The zero-order chi connectivity index (χ0) is 0. The Hall–Kier alpha value is 0.931. The van der Waals surface area contributed by atoms with Crippen LogP contribution in [0.3, 0.4) is 0 Å². The minimum atomic E-state index is 0. The third-order valence-electron chi connectivity index (χ3n) is 0. The van der Waals surface area contributed by atoms with E-state index in [9.17, 15) is 0 Å². The molecule has 0 fully saturated rings. The third-order valence-corrected chi connectivity index (χ3v) is 0. The Morgan fingerprint density at radius 3 is 0.750 bits per heavy atom. The molecule has 0 unspecified atom stereocenters. The van der Waals surface area contributed by atoms with E-state index in [0.717, 1.165) is 0 Å². The van der Waals surface area contributed by atoms with Crippen molar-refractivity contribution in [3.05, 3.63) is 0 Å². The van der Waals surface area contributed by atoms with Gasteiger partial charge in [-0.2, -0.15) is 0 Å². The van der Waals surface area contributed by atoms with Gasteiger partial charge in [-0.3, -0.25) is 0 Å². The third kappa shape index (κ3) is 12.6. The minimum absolute atomic E-state index is 0. The van der Waals surface area contributed by atoms with Crippen molar-refractivity contribution < 1.29 is 21.7 Å². The molecule has 0 N–H and O–H groups in total.